The molecule has 0 radical (unpaired) electrons. The van der Waals surface area contributed by atoms with E-state index < -0.39 is 0 Å². The standard InChI is InChI=1S/C16H19N3O2S/c1-3-11-4-5-14-12(8-11)6-7-19(14)16(20)18-15-17-9-13(22-15)10-21-2/h4-5,8-9H,3,6-7,10H2,1-2H3,(H,17,18,20). The average molecular weight is 317 g/mol. The Labute approximate surface area is 133 Å². The second-order valence-corrected chi connectivity index (χ2v) is 6.33. The molecule has 116 valence electrons. The third-order valence-corrected chi connectivity index (χ3v) is 4.63. The Hall–Kier alpha value is -1.92. The van der Waals surface area contributed by atoms with Gasteiger partial charge in [-0.05, 0) is 30.0 Å². The van der Waals surface area contributed by atoms with Crippen molar-refractivity contribution in [3.8, 4) is 0 Å². The van der Waals surface area contributed by atoms with Crippen molar-refractivity contribution in [2.45, 2.75) is 26.4 Å². The van der Waals surface area contributed by atoms with Gasteiger partial charge in [0.2, 0.25) is 0 Å². The van der Waals surface area contributed by atoms with E-state index in [1.165, 1.54) is 22.5 Å². The van der Waals surface area contributed by atoms with Gasteiger partial charge >= 0.3 is 6.03 Å². The van der Waals surface area contributed by atoms with Crippen molar-refractivity contribution in [2.24, 2.45) is 0 Å². The topological polar surface area (TPSA) is 54.5 Å². The van der Waals surface area contributed by atoms with Crippen molar-refractivity contribution in [3.05, 3.63) is 40.4 Å². The normalized spacial score (nSPS) is 13.3. The molecule has 0 spiro atoms. The van der Waals surface area contributed by atoms with E-state index in [9.17, 15) is 4.79 Å². The van der Waals surface area contributed by atoms with Gasteiger partial charge in [0, 0.05) is 25.5 Å². The Kier molecular flexibility index (Phi) is 4.40. The number of carbonyl (C=O) groups is 1. The fraction of sp³-hybridized carbons (Fsp3) is 0.375. The van der Waals surface area contributed by atoms with Gasteiger partial charge in [0.05, 0.1) is 11.5 Å². The first-order valence-electron chi connectivity index (χ1n) is 7.35. The fourth-order valence-corrected chi connectivity index (χ4v) is 3.39. The van der Waals surface area contributed by atoms with Crippen molar-refractivity contribution >= 4 is 28.2 Å². The van der Waals surface area contributed by atoms with Crippen LogP contribution in [0.5, 0.6) is 0 Å². The summed E-state index contributed by atoms with van der Waals surface area (Å²) >= 11 is 1.44. The number of methoxy groups -OCH3 is 1. The van der Waals surface area contributed by atoms with E-state index in [1.54, 1.807) is 18.2 Å². The quantitative estimate of drug-likeness (QED) is 0.939. The highest BCUT2D eigenvalue weighted by Gasteiger charge is 2.25. The number of hydrogen-bond donors (Lipinski definition) is 1. The smallest absolute Gasteiger partial charge is 0.328 e. The molecule has 0 atom stereocenters. The molecule has 0 bridgehead atoms. The Morgan fingerprint density at radius 1 is 1.50 bits per heavy atom. The van der Waals surface area contributed by atoms with Crippen molar-refractivity contribution in [1.82, 2.24) is 4.98 Å². The minimum atomic E-state index is -0.124. The van der Waals surface area contributed by atoms with Gasteiger partial charge < -0.3 is 4.74 Å². The Morgan fingerprint density at radius 3 is 3.14 bits per heavy atom. The molecular formula is C16H19N3O2S. The molecule has 0 unspecified atom stereocenters. The molecular weight excluding hydrogens is 298 g/mol. The van der Waals surface area contributed by atoms with Gasteiger partial charge in [-0.2, -0.15) is 0 Å². The highest BCUT2D eigenvalue weighted by atomic mass is 32.1. The first kappa shape index (κ1) is 15.0. The highest BCUT2D eigenvalue weighted by Crippen LogP contribution is 2.30. The van der Waals surface area contributed by atoms with Crippen molar-refractivity contribution in [3.63, 3.8) is 0 Å². The number of nitrogens with one attached hydrogen (secondary N) is 1. The third-order valence-electron chi connectivity index (χ3n) is 3.75. The molecule has 2 heterocycles. The van der Waals surface area contributed by atoms with E-state index in [0.717, 1.165) is 23.4 Å². The number of urea groups is 1. The van der Waals surface area contributed by atoms with Gasteiger partial charge in [-0.3, -0.25) is 10.2 Å². The summed E-state index contributed by atoms with van der Waals surface area (Å²) in [7, 11) is 1.64. The number of thiazole rings is 1. The second kappa shape index (κ2) is 6.46. The largest absolute Gasteiger partial charge is 0.379 e. The fourth-order valence-electron chi connectivity index (χ4n) is 2.62. The molecule has 1 aromatic carbocycles. The Morgan fingerprint density at radius 2 is 2.36 bits per heavy atom. The first-order chi connectivity index (χ1) is 10.7. The summed E-state index contributed by atoms with van der Waals surface area (Å²) in [5.41, 5.74) is 3.56. The molecule has 22 heavy (non-hydrogen) atoms. The number of fused-ring (bicyclic) bond motifs is 1. The van der Waals surface area contributed by atoms with Gasteiger partial charge in [-0.1, -0.05) is 30.4 Å². The predicted molar refractivity (Wildman–Crippen MR) is 88.7 cm³/mol. The summed E-state index contributed by atoms with van der Waals surface area (Å²) in [5, 5.41) is 3.48. The number of hydrogen-bond acceptors (Lipinski definition) is 4. The lowest BCUT2D eigenvalue weighted by atomic mass is 10.1. The summed E-state index contributed by atoms with van der Waals surface area (Å²) in [6, 6.07) is 6.20. The zero-order valence-corrected chi connectivity index (χ0v) is 13.6. The van der Waals surface area contributed by atoms with E-state index >= 15 is 0 Å². The highest BCUT2D eigenvalue weighted by molar-refractivity contribution is 7.15. The molecule has 6 heteroatoms. The lowest BCUT2D eigenvalue weighted by molar-refractivity contribution is 0.187. The number of aryl methyl sites for hydroxylation is 1. The van der Waals surface area contributed by atoms with Crippen molar-refractivity contribution < 1.29 is 9.53 Å². The number of rotatable bonds is 4. The van der Waals surface area contributed by atoms with Crippen LogP contribution in [-0.2, 0) is 24.2 Å². The molecule has 1 N–H and O–H groups in total. The molecule has 0 saturated carbocycles. The molecule has 0 fully saturated rings. The number of benzene rings is 1. The molecule has 5 nitrogen and oxygen atoms in total. The van der Waals surface area contributed by atoms with Crippen LogP contribution >= 0.6 is 11.3 Å². The Bertz CT molecular complexity index is 684. The molecule has 1 aromatic heterocycles. The van der Waals surface area contributed by atoms with Gasteiger partial charge in [-0.25, -0.2) is 9.78 Å². The third kappa shape index (κ3) is 2.98. The Balaban J connectivity index is 1.71. The predicted octanol–water partition coefficient (Wildman–Crippen LogP) is 3.45. The molecule has 0 saturated heterocycles. The van der Waals surface area contributed by atoms with E-state index in [2.05, 4.69) is 29.4 Å². The summed E-state index contributed by atoms with van der Waals surface area (Å²) in [6.07, 6.45) is 3.65. The minimum Gasteiger partial charge on any atom is -0.379 e. The molecule has 2 amide bonds. The van der Waals surface area contributed by atoms with E-state index in [0.29, 0.717) is 18.3 Å². The molecule has 1 aliphatic rings. The van der Waals surface area contributed by atoms with E-state index in [-0.39, 0.29) is 6.03 Å². The molecule has 3 rings (SSSR count). The van der Waals surface area contributed by atoms with Crippen molar-refractivity contribution in [1.29, 1.82) is 0 Å². The molecule has 2 aromatic rings. The van der Waals surface area contributed by atoms with Crippen LogP contribution in [0, 0.1) is 0 Å². The number of nitrogens with zero attached hydrogens (tertiary/aromatic N) is 2. The lowest BCUT2D eigenvalue weighted by Crippen LogP contribution is -2.33. The van der Waals surface area contributed by atoms with Gasteiger partial charge in [-0.15, -0.1) is 0 Å². The van der Waals surface area contributed by atoms with Crippen LogP contribution < -0.4 is 10.2 Å². The first-order valence-corrected chi connectivity index (χ1v) is 8.17. The number of aromatic nitrogens is 1. The van der Waals surface area contributed by atoms with Crippen LogP contribution in [0.15, 0.2) is 24.4 Å². The molecule has 1 aliphatic heterocycles. The SMILES string of the molecule is CCc1ccc2c(c1)CCN2C(=O)Nc1ncc(COC)s1. The number of carbonyl (C=O) groups excluding carboxylic acids is 1. The summed E-state index contributed by atoms with van der Waals surface area (Å²) in [4.78, 5) is 19.4. The van der Waals surface area contributed by atoms with Crippen LogP contribution in [0.1, 0.15) is 22.9 Å². The van der Waals surface area contributed by atoms with Gasteiger partial charge in [0.1, 0.15) is 0 Å². The van der Waals surface area contributed by atoms with E-state index in [1.807, 2.05) is 6.07 Å². The minimum absolute atomic E-state index is 0.124. The average Bonchev–Trinajstić information content (AvgIpc) is 3.13. The van der Waals surface area contributed by atoms with Crippen LogP contribution in [-0.4, -0.2) is 24.7 Å². The van der Waals surface area contributed by atoms with Crippen LogP contribution in [0.3, 0.4) is 0 Å². The zero-order valence-electron chi connectivity index (χ0n) is 12.8. The summed E-state index contributed by atoms with van der Waals surface area (Å²) < 4.78 is 5.06. The second-order valence-electron chi connectivity index (χ2n) is 5.21. The van der Waals surface area contributed by atoms with Gasteiger partial charge in [0.15, 0.2) is 5.13 Å². The van der Waals surface area contributed by atoms with Gasteiger partial charge in [0.25, 0.3) is 0 Å². The van der Waals surface area contributed by atoms with Crippen molar-refractivity contribution in [2.75, 3.05) is 23.9 Å². The zero-order chi connectivity index (χ0) is 15.5. The monoisotopic (exact) mass is 317 g/mol. The number of amides is 2. The van der Waals surface area contributed by atoms with Crippen LogP contribution in [0.25, 0.3) is 0 Å². The van der Waals surface area contributed by atoms with Crippen LogP contribution in [0.4, 0.5) is 15.6 Å². The number of anilines is 2. The summed E-state index contributed by atoms with van der Waals surface area (Å²) in [6.45, 7) is 3.37. The summed E-state index contributed by atoms with van der Waals surface area (Å²) in [5.74, 6) is 0. The van der Waals surface area contributed by atoms with E-state index in [4.69, 9.17) is 4.74 Å². The maximum atomic E-state index is 12.4. The van der Waals surface area contributed by atoms with Crippen LogP contribution in [0.2, 0.25) is 0 Å². The lowest BCUT2D eigenvalue weighted by Gasteiger charge is -2.17. The number of ether oxygens (including phenoxy) is 1. The molecule has 0 aliphatic carbocycles. The maximum Gasteiger partial charge on any atom is 0.328 e. The maximum absolute atomic E-state index is 12.4.